The summed E-state index contributed by atoms with van der Waals surface area (Å²) in [5.74, 6) is 2.70. The molecule has 3 aromatic rings. The molecule has 0 aliphatic heterocycles. The molecule has 2 aromatic heterocycles. The Balaban J connectivity index is 1.54. The first-order valence-electron chi connectivity index (χ1n) is 6.68. The SMILES string of the molecule is Cc1cccc(OCc2nnc(SCc3ncnn3C)o2)c1. The van der Waals surface area contributed by atoms with Crippen LogP contribution in [0.3, 0.4) is 0 Å². The van der Waals surface area contributed by atoms with Crippen molar-refractivity contribution in [3.8, 4) is 5.75 Å². The zero-order valence-electron chi connectivity index (χ0n) is 12.3. The molecule has 0 amide bonds. The molecule has 0 bridgehead atoms. The summed E-state index contributed by atoms with van der Waals surface area (Å²) in [6.45, 7) is 2.27. The van der Waals surface area contributed by atoms with Crippen LogP contribution in [-0.4, -0.2) is 25.0 Å². The average Bonchev–Trinajstić information content (AvgIpc) is 3.12. The van der Waals surface area contributed by atoms with Crippen LogP contribution in [0, 0.1) is 6.92 Å². The topological polar surface area (TPSA) is 78.9 Å². The number of aromatic nitrogens is 5. The van der Waals surface area contributed by atoms with E-state index in [0.717, 1.165) is 17.1 Å². The molecule has 0 unspecified atom stereocenters. The second-order valence-electron chi connectivity index (χ2n) is 4.66. The van der Waals surface area contributed by atoms with Crippen molar-refractivity contribution in [3.05, 3.63) is 47.9 Å². The van der Waals surface area contributed by atoms with Crippen LogP contribution in [0.25, 0.3) is 0 Å². The monoisotopic (exact) mass is 317 g/mol. The lowest BCUT2D eigenvalue weighted by molar-refractivity contribution is 0.252. The van der Waals surface area contributed by atoms with Crippen LogP contribution in [0.4, 0.5) is 0 Å². The first-order valence-corrected chi connectivity index (χ1v) is 7.67. The van der Waals surface area contributed by atoms with Gasteiger partial charge < -0.3 is 9.15 Å². The van der Waals surface area contributed by atoms with E-state index in [1.54, 1.807) is 4.68 Å². The first-order chi connectivity index (χ1) is 10.7. The van der Waals surface area contributed by atoms with Gasteiger partial charge >= 0.3 is 0 Å². The molecule has 0 radical (unpaired) electrons. The van der Waals surface area contributed by atoms with E-state index >= 15 is 0 Å². The first kappa shape index (κ1) is 14.6. The lowest BCUT2D eigenvalue weighted by Crippen LogP contribution is -1.97. The third-order valence-corrected chi connectivity index (χ3v) is 3.74. The summed E-state index contributed by atoms with van der Waals surface area (Å²) in [5.41, 5.74) is 1.14. The van der Waals surface area contributed by atoms with E-state index in [0.29, 0.717) is 16.9 Å². The maximum atomic E-state index is 5.62. The summed E-state index contributed by atoms with van der Waals surface area (Å²) in [4.78, 5) is 4.14. The summed E-state index contributed by atoms with van der Waals surface area (Å²) in [6, 6.07) is 7.81. The van der Waals surface area contributed by atoms with Gasteiger partial charge in [0.05, 0.1) is 5.75 Å². The van der Waals surface area contributed by atoms with Crippen molar-refractivity contribution in [2.45, 2.75) is 24.5 Å². The molecular weight excluding hydrogens is 302 g/mol. The van der Waals surface area contributed by atoms with Crippen molar-refractivity contribution in [2.24, 2.45) is 7.05 Å². The fourth-order valence-corrected chi connectivity index (χ4v) is 2.55. The van der Waals surface area contributed by atoms with E-state index in [9.17, 15) is 0 Å². The molecular formula is C14H15N5O2S. The zero-order valence-corrected chi connectivity index (χ0v) is 13.1. The van der Waals surface area contributed by atoms with Crippen molar-refractivity contribution in [1.82, 2.24) is 25.0 Å². The number of aryl methyl sites for hydroxylation is 2. The Bertz CT molecular complexity index is 755. The van der Waals surface area contributed by atoms with E-state index in [1.807, 2.05) is 38.2 Å². The molecule has 2 heterocycles. The molecule has 0 saturated carbocycles. The van der Waals surface area contributed by atoms with Gasteiger partial charge in [-0.3, -0.25) is 4.68 Å². The Morgan fingerprint density at radius 3 is 3.00 bits per heavy atom. The van der Waals surface area contributed by atoms with Gasteiger partial charge in [0.2, 0.25) is 0 Å². The highest BCUT2D eigenvalue weighted by molar-refractivity contribution is 7.98. The number of nitrogens with zero attached hydrogens (tertiary/aromatic N) is 5. The highest BCUT2D eigenvalue weighted by Crippen LogP contribution is 2.21. The smallest absolute Gasteiger partial charge is 0.277 e. The number of hydrogen-bond donors (Lipinski definition) is 0. The van der Waals surface area contributed by atoms with Crippen molar-refractivity contribution in [3.63, 3.8) is 0 Å². The summed E-state index contributed by atoms with van der Waals surface area (Å²) < 4.78 is 12.9. The number of hydrogen-bond acceptors (Lipinski definition) is 7. The molecule has 0 saturated heterocycles. The van der Waals surface area contributed by atoms with Gasteiger partial charge in [-0.1, -0.05) is 23.9 Å². The highest BCUT2D eigenvalue weighted by Gasteiger charge is 2.09. The quantitative estimate of drug-likeness (QED) is 0.646. The van der Waals surface area contributed by atoms with Gasteiger partial charge in [-0.05, 0) is 24.6 Å². The fourth-order valence-electron chi connectivity index (χ4n) is 1.78. The molecule has 7 nitrogen and oxygen atoms in total. The van der Waals surface area contributed by atoms with E-state index < -0.39 is 0 Å². The Morgan fingerprint density at radius 2 is 2.23 bits per heavy atom. The molecule has 1 aromatic carbocycles. The molecule has 0 N–H and O–H groups in total. The van der Waals surface area contributed by atoms with Crippen molar-refractivity contribution in [1.29, 1.82) is 0 Å². The standard InChI is InChI=1S/C14H15N5O2S/c1-10-4-3-5-11(6-10)20-7-13-17-18-14(21-13)22-8-12-15-9-16-19(12)2/h3-6,9H,7-8H2,1-2H3. The van der Waals surface area contributed by atoms with Crippen LogP contribution in [0.5, 0.6) is 5.75 Å². The molecule has 3 rings (SSSR count). The second kappa shape index (κ2) is 6.61. The molecule has 0 fully saturated rings. The van der Waals surface area contributed by atoms with Gasteiger partial charge in [0.15, 0.2) is 6.61 Å². The van der Waals surface area contributed by atoms with Crippen molar-refractivity contribution < 1.29 is 9.15 Å². The van der Waals surface area contributed by atoms with Crippen LogP contribution in [0.1, 0.15) is 17.3 Å². The van der Waals surface area contributed by atoms with Crippen LogP contribution >= 0.6 is 11.8 Å². The molecule has 0 spiro atoms. The van der Waals surface area contributed by atoms with Crippen molar-refractivity contribution >= 4 is 11.8 Å². The molecule has 0 aliphatic carbocycles. The number of benzene rings is 1. The van der Waals surface area contributed by atoms with Crippen LogP contribution < -0.4 is 4.74 Å². The van der Waals surface area contributed by atoms with Crippen LogP contribution in [-0.2, 0) is 19.4 Å². The maximum Gasteiger partial charge on any atom is 0.277 e. The summed E-state index contributed by atoms with van der Waals surface area (Å²) in [5, 5.41) is 12.5. The summed E-state index contributed by atoms with van der Waals surface area (Å²) >= 11 is 1.42. The minimum atomic E-state index is 0.251. The Labute approximate surface area is 131 Å². The normalized spacial score (nSPS) is 10.8. The predicted molar refractivity (Wildman–Crippen MR) is 80.4 cm³/mol. The third-order valence-electron chi connectivity index (χ3n) is 2.93. The van der Waals surface area contributed by atoms with Gasteiger partial charge in [0.25, 0.3) is 11.1 Å². The van der Waals surface area contributed by atoms with Gasteiger partial charge in [-0.2, -0.15) is 5.10 Å². The van der Waals surface area contributed by atoms with Gasteiger partial charge in [-0.15, -0.1) is 10.2 Å². The number of thioether (sulfide) groups is 1. The Kier molecular flexibility index (Phi) is 4.38. The van der Waals surface area contributed by atoms with E-state index in [2.05, 4.69) is 20.3 Å². The Morgan fingerprint density at radius 1 is 1.32 bits per heavy atom. The van der Waals surface area contributed by atoms with Crippen molar-refractivity contribution in [2.75, 3.05) is 0 Å². The summed E-state index contributed by atoms with van der Waals surface area (Å²) in [7, 11) is 1.85. The molecule has 0 atom stereocenters. The predicted octanol–water partition coefficient (Wildman–Crippen LogP) is 2.38. The Hall–Kier alpha value is -2.35. The largest absolute Gasteiger partial charge is 0.484 e. The molecule has 0 aliphatic rings. The fraction of sp³-hybridized carbons (Fsp3) is 0.286. The van der Waals surface area contributed by atoms with Gasteiger partial charge in [0, 0.05) is 7.05 Å². The molecule has 8 heteroatoms. The average molecular weight is 317 g/mol. The van der Waals surface area contributed by atoms with E-state index in [1.165, 1.54) is 18.1 Å². The maximum absolute atomic E-state index is 5.62. The molecule has 22 heavy (non-hydrogen) atoms. The molecule has 114 valence electrons. The van der Waals surface area contributed by atoms with E-state index in [4.69, 9.17) is 9.15 Å². The summed E-state index contributed by atoms with van der Waals surface area (Å²) in [6.07, 6.45) is 1.52. The van der Waals surface area contributed by atoms with Crippen LogP contribution in [0.2, 0.25) is 0 Å². The lowest BCUT2D eigenvalue weighted by atomic mass is 10.2. The van der Waals surface area contributed by atoms with Crippen LogP contribution in [0.15, 0.2) is 40.2 Å². The second-order valence-corrected chi connectivity index (χ2v) is 5.58. The highest BCUT2D eigenvalue weighted by atomic mass is 32.2. The lowest BCUT2D eigenvalue weighted by Gasteiger charge is -2.03. The minimum Gasteiger partial charge on any atom is -0.484 e. The number of rotatable bonds is 6. The third kappa shape index (κ3) is 3.64. The number of ether oxygens (including phenoxy) is 1. The van der Waals surface area contributed by atoms with E-state index in [-0.39, 0.29) is 6.61 Å². The van der Waals surface area contributed by atoms with Gasteiger partial charge in [-0.25, -0.2) is 4.98 Å². The minimum absolute atomic E-state index is 0.251. The van der Waals surface area contributed by atoms with Gasteiger partial charge in [0.1, 0.15) is 17.9 Å². The zero-order chi connectivity index (χ0) is 15.4.